The van der Waals surface area contributed by atoms with E-state index in [1.54, 1.807) is 24.3 Å². The normalized spacial score (nSPS) is 12.5. The number of nitrogens with zero attached hydrogens (tertiary/aromatic N) is 3. The average molecular weight is 529 g/mol. The van der Waals surface area contributed by atoms with Crippen LogP contribution < -0.4 is 5.56 Å². The minimum absolute atomic E-state index is 0.00706. The molecule has 0 saturated heterocycles. The lowest BCUT2D eigenvalue weighted by molar-refractivity contribution is 0.0697. The van der Waals surface area contributed by atoms with Crippen molar-refractivity contribution >= 4 is 50.6 Å². The Balaban J connectivity index is 1.76. The maximum Gasteiger partial charge on any atom is 0.335 e. The fraction of sp³-hybridized carbons (Fsp3) is 0.167. The van der Waals surface area contributed by atoms with Gasteiger partial charge >= 0.3 is 5.97 Å². The van der Waals surface area contributed by atoms with E-state index >= 15 is 0 Å². The Bertz CT molecular complexity index is 1460. The van der Waals surface area contributed by atoms with Crippen molar-refractivity contribution in [1.82, 2.24) is 9.66 Å². The van der Waals surface area contributed by atoms with Crippen LogP contribution in [0.2, 0.25) is 5.02 Å². The number of carboxylic acid groups (broad SMARTS) is 1. The Hall–Kier alpha value is -3.23. The topological polar surface area (TPSA) is 97.7 Å². The molecular weight excluding hydrogens is 510 g/mol. The fourth-order valence-electron chi connectivity index (χ4n) is 3.31. The van der Waals surface area contributed by atoms with Gasteiger partial charge in [-0.2, -0.15) is 9.78 Å². The van der Waals surface area contributed by atoms with Crippen molar-refractivity contribution in [1.29, 1.82) is 0 Å². The summed E-state index contributed by atoms with van der Waals surface area (Å²) >= 11 is 9.63. The van der Waals surface area contributed by atoms with Crippen molar-refractivity contribution in [3.63, 3.8) is 0 Å². The van der Waals surface area contributed by atoms with Gasteiger partial charge in [-0.3, -0.25) is 4.79 Å². The van der Waals surface area contributed by atoms with E-state index in [1.807, 2.05) is 19.9 Å². The smallest absolute Gasteiger partial charge is 0.335 e. The number of rotatable bonds is 6. The van der Waals surface area contributed by atoms with Crippen molar-refractivity contribution in [2.45, 2.75) is 26.2 Å². The highest BCUT2D eigenvalue weighted by atomic mass is 79.9. The first-order valence-electron chi connectivity index (χ1n) is 10.2. The summed E-state index contributed by atoms with van der Waals surface area (Å²) in [6.45, 7) is 4.01. The van der Waals surface area contributed by atoms with Gasteiger partial charge in [-0.25, -0.2) is 9.78 Å². The third kappa shape index (κ3) is 4.62. The van der Waals surface area contributed by atoms with E-state index in [2.05, 4.69) is 26.0 Å². The molecule has 1 atom stereocenters. The zero-order chi connectivity index (χ0) is 23.7. The van der Waals surface area contributed by atoms with Crippen LogP contribution in [0.3, 0.4) is 0 Å². The Kier molecular flexibility index (Phi) is 6.49. The van der Waals surface area contributed by atoms with Gasteiger partial charge in [0.15, 0.2) is 0 Å². The minimum atomic E-state index is -1.06. The zero-order valence-corrected chi connectivity index (χ0v) is 20.1. The third-order valence-corrected chi connectivity index (χ3v) is 6.12. The quantitative estimate of drug-likeness (QED) is 0.302. The Morgan fingerprint density at radius 3 is 2.79 bits per heavy atom. The summed E-state index contributed by atoms with van der Waals surface area (Å²) in [6.07, 6.45) is 2.21. The number of carbonyl (C=O) groups is 1. The molecule has 9 heteroatoms. The average Bonchev–Trinajstić information content (AvgIpc) is 3.27. The zero-order valence-electron chi connectivity index (χ0n) is 17.8. The van der Waals surface area contributed by atoms with Gasteiger partial charge in [0, 0.05) is 16.0 Å². The molecule has 2 aromatic heterocycles. The summed E-state index contributed by atoms with van der Waals surface area (Å²) < 4.78 is 7.88. The molecule has 0 fully saturated rings. The molecule has 0 saturated carbocycles. The predicted molar refractivity (Wildman–Crippen MR) is 132 cm³/mol. The molecule has 0 unspecified atom stereocenters. The van der Waals surface area contributed by atoms with Gasteiger partial charge in [0.1, 0.15) is 17.3 Å². The maximum absolute atomic E-state index is 13.2. The summed E-state index contributed by atoms with van der Waals surface area (Å²) in [5, 5.41) is 14.4. The monoisotopic (exact) mass is 527 g/mol. The number of furan rings is 1. The van der Waals surface area contributed by atoms with Crippen molar-refractivity contribution in [3.8, 4) is 11.3 Å². The molecule has 4 rings (SSSR count). The molecule has 0 bridgehead atoms. The summed E-state index contributed by atoms with van der Waals surface area (Å²) in [4.78, 5) is 29.2. The Labute approximate surface area is 202 Å². The summed E-state index contributed by atoms with van der Waals surface area (Å²) in [5.41, 5.74) is 0.875. The second-order valence-corrected chi connectivity index (χ2v) is 8.83. The van der Waals surface area contributed by atoms with E-state index < -0.39 is 5.97 Å². The molecule has 2 aromatic carbocycles. The van der Waals surface area contributed by atoms with Gasteiger partial charge < -0.3 is 9.52 Å². The molecular formula is C24H19BrClN3O4. The van der Waals surface area contributed by atoms with E-state index in [-0.39, 0.29) is 17.0 Å². The van der Waals surface area contributed by atoms with Gasteiger partial charge in [0.2, 0.25) is 0 Å². The molecule has 7 nitrogen and oxygen atoms in total. The second-order valence-electron chi connectivity index (χ2n) is 7.50. The first kappa shape index (κ1) is 22.9. The molecule has 0 radical (unpaired) electrons. The number of hydrogen-bond acceptors (Lipinski definition) is 5. The van der Waals surface area contributed by atoms with Crippen molar-refractivity contribution < 1.29 is 14.3 Å². The van der Waals surface area contributed by atoms with Crippen LogP contribution in [0.1, 0.15) is 48.1 Å². The minimum Gasteiger partial charge on any atom is -0.478 e. The molecule has 0 spiro atoms. The van der Waals surface area contributed by atoms with Crippen LogP contribution >= 0.6 is 27.5 Å². The third-order valence-electron chi connectivity index (χ3n) is 5.29. The number of hydrogen-bond donors (Lipinski definition) is 1. The second kappa shape index (κ2) is 9.33. The number of carboxylic acids is 1. The highest BCUT2D eigenvalue weighted by molar-refractivity contribution is 9.10. The number of benzene rings is 2. The van der Waals surface area contributed by atoms with Crippen molar-refractivity contribution in [3.05, 3.63) is 85.5 Å². The van der Waals surface area contributed by atoms with E-state index in [4.69, 9.17) is 16.0 Å². The van der Waals surface area contributed by atoms with E-state index in [1.165, 1.54) is 29.1 Å². The molecule has 0 amide bonds. The lowest BCUT2D eigenvalue weighted by atomic mass is 10.1. The van der Waals surface area contributed by atoms with Gasteiger partial charge in [0.05, 0.1) is 27.7 Å². The fourth-order valence-corrected chi connectivity index (χ4v) is 3.88. The molecule has 33 heavy (non-hydrogen) atoms. The first-order valence-corrected chi connectivity index (χ1v) is 11.3. The number of halogens is 2. The van der Waals surface area contributed by atoms with Crippen LogP contribution in [-0.4, -0.2) is 27.0 Å². The molecule has 168 valence electrons. The van der Waals surface area contributed by atoms with Crippen LogP contribution in [0, 0.1) is 0 Å². The van der Waals surface area contributed by atoms with Crippen molar-refractivity contribution in [2.24, 2.45) is 5.10 Å². The molecule has 4 aromatic rings. The number of aromatic carboxylic acids is 1. The van der Waals surface area contributed by atoms with Gasteiger partial charge in [-0.1, -0.05) is 41.4 Å². The Morgan fingerprint density at radius 1 is 1.27 bits per heavy atom. The number of aromatic nitrogens is 2. The molecule has 0 aliphatic rings. The van der Waals surface area contributed by atoms with Crippen LogP contribution in [0.15, 0.2) is 67.3 Å². The van der Waals surface area contributed by atoms with Gasteiger partial charge in [-0.05, 0) is 55.0 Å². The van der Waals surface area contributed by atoms with Gasteiger partial charge in [-0.15, -0.1) is 0 Å². The predicted octanol–water partition coefficient (Wildman–Crippen LogP) is 6.17. The largest absolute Gasteiger partial charge is 0.478 e. The van der Waals surface area contributed by atoms with Crippen LogP contribution in [0.5, 0.6) is 0 Å². The highest BCUT2D eigenvalue weighted by Gasteiger charge is 2.16. The first-order chi connectivity index (χ1) is 15.8. The SMILES string of the molecule is CC[C@H](C)c1nc2ccc(Br)cc2c(=O)n1N=Cc1ccc(-c2cc(C(=O)O)ccc2Cl)o1. The maximum atomic E-state index is 13.2. The lowest BCUT2D eigenvalue weighted by Crippen LogP contribution is -2.23. The lowest BCUT2D eigenvalue weighted by Gasteiger charge is -2.13. The summed E-state index contributed by atoms with van der Waals surface area (Å²) in [6, 6.07) is 13.1. The van der Waals surface area contributed by atoms with Crippen LogP contribution in [-0.2, 0) is 0 Å². The van der Waals surface area contributed by atoms with Crippen molar-refractivity contribution in [2.75, 3.05) is 0 Å². The molecule has 0 aliphatic carbocycles. The van der Waals surface area contributed by atoms with E-state index in [0.717, 1.165) is 10.9 Å². The summed E-state index contributed by atoms with van der Waals surface area (Å²) in [7, 11) is 0. The highest BCUT2D eigenvalue weighted by Crippen LogP contribution is 2.30. The molecule has 1 N–H and O–H groups in total. The molecule has 0 aliphatic heterocycles. The number of fused-ring (bicyclic) bond motifs is 1. The van der Waals surface area contributed by atoms with E-state index in [0.29, 0.717) is 38.8 Å². The van der Waals surface area contributed by atoms with Crippen LogP contribution in [0.25, 0.3) is 22.2 Å². The Morgan fingerprint density at radius 2 is 2.06 bits per heavy atom. The van der Waals surface area contributed by atoms with Gasteiger partial charge in [0.25, 0.3) is 5.56 Å². The van der Waals surface area contributed by atoms with Crippen LogP contribution in [0.4, 0.5) is 0 Å². The molecule has 2 heterocycles. The summed E-state index contributed by atoms with van der Waals surface area (Å²) in [5.74, 6) is 0.261. The standard InChI is InChI=1S/C24H19BrClN3O4/c1-3-13(2)22-28-20-8-5-15(25)11-18(20)23(30)29(22)27-12-16-6-9-21(33-16)17-10-14(24(31)32)4-7-19(17)26/h4-13H,3H2,1-2H3,(H,31,32)/t13-/m0/s1. The van der Waals surface area contributed by atoms with E-state index in [9.17, 15) is 14.7 Å².